The number of nitrogens with one attached hydrogen (secondary N) is 1. The van der Waals surface area contributed by atoms with Crippen molar-refractivity contribution in [2.45, 2.75) is 25.7 Å². The minimum absolute atomic E-state index is 0.0179. The second kappa shape index (κ2) is 5.80. The Morgan fingerprint density at radius 1 is 1.00 bits per heavy atom. The minimum Gasteiger partial charge on any atom is -0.321 e. The first kappa shape index (κ1) is 13.4. The van der Waals surface area contributed by atoms with Crippen molar-refractivity contribution in [1.29, 1.82) is 0 Å². The molecule has 0 bridgehead atoms. The van der Waals surface area contributed by atoms with Crippen LogP contribution in [0.5, 0.6) is 0 Å². The molecule has 1 aliphatic carbocycles. The minimum atomic E-state index is -0.0179. The van der Waals surface area contributed by atoms with Gasteiger partial charge in [-0.1, -0.05) is 24.3 Å². The number of hydrogen-bond acceptors (Lipinski definition) is 1. The van der Waals surface area contributed by atoms with E-state index < -0.39 is 0 Å². The van der Waals surface area contributed by atoms with E-state index in [9.17, 15) is 4.79 Å². The zero-order valence-electron chi connectivity index (χ0n) is 11.2. The van der Waals surface area contributed by atoms with Crippen LogP contribution < -0.4 is 5.32 Å². The van der Waals surface area contributed by atoms with E-state index in [0.717, 1.165) is 28.6 Å². The molecule has 0 aliphatic heterocycles. The smallest absolute Gasteiger partial charge is 0.255 e. The van der Waals surface area contributed by atoms with Gasteiger partial charge in [-0.3, -0.25) is 4.79 Å². The van der Waals surface area contributed by atoms with Crippen LogP contribution >= 0.6 is 15.9 Å². The highest BCUT2D eigenvalue weighted by Crippen LogP contribution is 2.26. The van der Waals surface area contributed by atoms with Crippen LogP contribution in [0.1, 0.15) is 34.3 Å². The lowest BCUT2D eigenvalue weighted by Crippen LogP contribution is -2.17. The van der Waals surface area contributed by atoms with Gasteiger partial charge in [0.15, 0.2) is 0 Å². The predicted octanol–water partition coefficient (Wildman–Crippen LogP) is 4.58. The van der Waals surface area contributed by atoms with Gasteiger partial charge in [0.2, 0.25) is 0 Å². The molecule has 0 atom stereocenters. The number of amides is 1. The fraction of sp³-hybridized carbons (Fsp3) is 0.235. The van der Waals surface area contributed by atoms with Gasteiger partial charge in [0.25, 0.3) is 5.91 Å². The number of halogens is 1. The maximum Gasteiger partial charge on any atom is 0.255 e. The van der Waals surface area contributed by atoms with E-state index in [2.05, 4.69) is 27.3 Å². The second-order valence-corrected chi connectivity index (χ2v) is 5.94. The van der Waals surface area contributed by atoms with E-state index >= 15 is 0 Å². The van der Waals surface area contributed by atoms with Gasteiger partial charge in [0, 0.05) is 10.0 Å². The lowest BCUT2D eigenvalue weighted by atomic mass is 9.88. The van der Waals surface area contributed by atoms with Crippen LogP contribution in [-0.2, 0) is 12.8 Å². The number of anilines is 1. The summed E-state index contributed by atoms with van der Waals surface area (Å²) < 4.78 is 0.901. The molecular weight excluding hydrogens is 314 g/mol. The third-order valence-electron chi connectivity index (χ3n) is 3.76. The Balaban J connectivity index is 1.90. The van der Waals surface area contributed by atoms with Crippen LogP contribution in [0.15, 0.2) is 46.9 Å². The van der Waals surface area contributed by atoms with Crippen LogP contribution in [0.4, 0.5) is 5.69 Å². The summed E-state index contributed by atoms with van der Waals surface area (Å²) in [6.45, 7) is 0. The fourth-order valence-electron chi connectivity index (χ4n) is 2.75. The summed E-state index contributed by atoms with van der Waals surface area (Å²) in [5.74, 6) is -0.0179. The van der Waals surface area contributed by atoms with E-state index in [0.29, 0.717) is 0 Å². The molecule has 0 saturated carbocycles. The van der Waals surface area contributed by atoms with Crippen molar-refractivity contribution >= 4 is 27.5 Å². The van der Waals surface area contributed by atoms with Crippen molar-refractivity contribution in [2.75, 3.05) is 5.32 Å². The lowest BCUT2D eigenvalue weighted by Gasteiger charge is -2.19. The third-order valence-corrected chi connectivity index (χ3v) is 4.45. The number of para-hydroxylation sites is 1. The van der Waals surface area contributed by atoms with Gasteiger partial charge in [-0.2, -0.15) is 0 Å². The summed E-state index contributed by atoms with van der Waals surface area (Å²) in [4.78, 5) is 12.5. The molecule has 0 radical (unpaired) electrons. The average Bonchev–Trinajstić information content (AvgIpc) is 2.49. The predicted molar refractivity (Wildman–Crippen MR) is 85.2 cm³/mol. The van der Waals surface area contributed by atoms with E-state index in [1.807, 2.05) is 36.4 Å². The van der Waals surface area contributed by atoms with Gasteiger partial charge in [0.1, 0.15) is 0 Å². The van der Waals surface area contributed by atoms with E-state index in [-0.39, 0.29) is 5.91 Å². The first-order chi connectivity index (χ1) is 9.75. The maximum absolute atomic E-state index is 12.5. The molecule has 1 N–H and O–H groups in total. The van der Waals surface area contributed by atoms with Crippen molar-refractivity contribution in [3.63, 3.8) is 0 Å². The molecule has 102 valence electrons. The molecule has 0 spiro atoms. The summed E-state index contributed by atoms with van der Waals surface area (Å²) in [5, 5.41) is 2.99. The standard InChI is InChI=1S/C17H16BrNO/c18-15-10-3-4-11-16(15)19-17(20)14-9-5-7-12-6-1-2-8-13(12)14/h3-5,7,9-11H,1-2,6,8H2,(H,19,20). The van der Waals surface area contributed by atoms with E-state index in [1.54, 1.807) is 0 Å². The van der Waals surface area contributed by atoms with E-state index in [1.165, 1.54) is 24.0 Å². The Bertz CT molecular complexity index is 651. The third kappa shape index (κ3) is 2.63. The molecule has 0 heterocycles. The summed E-state index contributed by atoms with van der Waals surface area (Å²) in [5.41, 5.74) is 4.18. The van der Waals surface area contributed by atoms with Crippen LogP contribution in [0, 0.1) is 0 Å². The summed E-state index contributed by atoms with van der Waals surface area (Å²) in [7, 11) is 0. The number of hydrogen-bond donors (Lipinski definition) is 1. The lowest BCUT2D eigenvalue weighted by molar-refractivity contribution is 0.102. The number of carbonyl (C=O) groups is 1. The number of carbonyl (C=O) groups excluding carboxylic acids is 1. The highest BCUT2D eigenvalue weighted by Gasteiger charge is 2.17. The molecule has 20 heavy (non-hydrogen) atoms. The van der Waals surface area contributed by atoms with Crippen molar-refractivity contribution in [2.24, 2.45) is 0 Å². The fourth-order valence-corrected chi connectivity index (χ4v) is 3.13. The summed E-state index contributed by atoms with van der Waals surface area (Å²) in [6, 6.07) is 13.7. The Morgan fingerprint density at radius 3 is 2.65 bits per heavy atom. The zero-order chi connectivity index (χ0) is 13.9. The molecular formula is C17H16BrNO. The molecule has 1 amide bonds. The molecule has 3 heteroatoms. The molecule has 0 saturated heterocycles. The van der Waals surface area contributed by atoms with Gasteiger partial charge in [-0.25, -0.2) is 0 Å². The van der Waals surface area contributed by atoms with E-state index in [4.69, 9.17) is 0 Å². The normalized spacial score (nSPS) is 13.7. The van der Waals surface area contributed by atoms with Gasteiger partial charge in [-0.15, -0.1) is 0 Å². The average molecular weight is 330 g/mol. The molecule has 0 fully saturated rings. The molecule has 1 aliphatic rings. The topological polar surface area (TPSA) is 29.1 Å². The van der Waals surface area contributed by atoms with Crippen LogP contribution in [0.2, 0.25) is 0 Å². The highest BCUT2D eigenvalue weighted by atomic mass is 79.9. The maximum atomic E-state index is 12.5. The van der Waals surface area contributed by atoms with Crippen molar-refractivity contribution in [3.05, 3.63) is 63.6 Å². The summed E-state index contributed by atoms with van der Waals surface area (Å²) >= 11 is 3.46. The Labute approximate surface area is 127 Å². The number of benzene rings is 2. The molecule has 2 aromatic carbocycles. The van der Waals surface area contributed by atoms with Crippen LogP contribution in [0.25, 0.3) is 0 Å². The quantitative estimate of drug-likeness (QED) is 0.858. The van der Waals surface area contributed by atoms with Crippen LogP contribution in [-0.4, -0.2) is 5.91 Å². The molecule has 2 aromatic rings. The number of rotatable bonds is 2. The first-order valence-electron chi connectivity index (χ1n) is 6.92. The Kier molecular flexibility index (Phi) is 3.88. The van der Waals surface area contributed by atoms with Crippen LogP contribution in [0.3, 0.4) is 0 Å². The SMILES string of the molecule is O=C(Nc1ccccc1Br)c1cccc2c1CCCC2. The van der Waals surface area contributed by atoms with Gasteiger partial charge < -0.3 is 5.32 Å². The molecule has 0 aromatic heterocycles. The number of fused-ring (bicyclic) bond motifs is 1. The van der Waals surface area contributed by atoms with Crippen molar-refractivity contribution in [3.8, 4) is 0 Å². The summed E-state index contributed by atoms with van der Waals surface area (Å²) in [6.07, 6.45) is 4.50. The number of aryl methyl sites for hydroxylation is 1. The Morgan fingerprint density at radius 2 is 1.80 bits per heavy atom. The largest absolute Gasteiger partial charge is 0.321 e. The molecule has 3 rings (SSSR count). The first-order valence-corrected chi connectivity index (χ1v) is 7.71. The highest BCUT2D eigenvalue weighted by molar-refractivity contribution is 9.10. The zero-order valence-corrected chi connectivity index (χ0v) is 12.7. The molecule has 2 nitrogen and oxygen atoms in total. The van der Waals surface area contributed by atoms with Crippen molar-refractivity contribution < 1.29 is 4.79 Å². The monoisotopic (exact) mass is 329 g/mol. The van der Waals surface area contributed by atoms with Gasteiger partial charge in [0.05, 0.1) is 5.69 Å². The molecule has 0 unspecified atom stereocenters. The Hall–Kier alpha value is -1.61. The van der Waals surface area contributed by atoms with Gasteiger partial charge >= 0.3 is 0 Å². The second-order valence-electron chi connectivity index (χ2n) is 5.08. The van der Waals surface area contributed by atoms with Crippen molar-refractivity contribution in [1.82, 2.24) is 0 Å². The van der Waals surface area contributed by atoms with Gasteiger partial charge in [-0.05, 0) is 70.9 Å².